The third kappa shape index (κ3) is 2.70. The van der Waals surface area contributed by atoms with Crippen molar-refractivity contribution in [2.75, 3.05) is 38.3 Å². The summed E-state index contributed by atoms with van der Waals surface area (Å²) < 4.78 is 0. The Morgan fingerprint density at radius 2 is 1.88 bits per heavy atom. The van der Waals surface area contributed by atoms with Crippen LogP contribution in [0, 0.1) is 0 Å². The predicted octanol–water partition coefficient (Wildman–Crippen LogP) is 1.88. The van der Waals surface area contributed by atoms with Gasteiger partial charge in [0.05, 0.1) is 6.67 Å². The molecule has 3 rings (SSSR count). The van der Waals surface area contributed by atoms with Crippen molar-refractivity contribution in [1.82, 2.24) is 15.1 Å². The quantitative estimate of drug-likeness (QED) is 0.921. The molecule has 0 saturated carbocycles. The van der Waals surface area contributed by atoms with Crippen LogP contribution in [0.1, 0.15) is 26.2 Å². The van der Waals surface area contributed by atoms with E-state index in [0.29, 0.717) is 32.6 Å². The third-order valence-corrected chi connectivity index (χ3v) is 5.17. The van der Waals surface area contributed by atoms with E-state index >= 15 is 0 Å². The Hall–Kier alpha value is -2.24. The fraction of sp³-hybridized carbons (Fsp3) is 0.556. The van der Waals surface area contributed by atoms with Crippen molar-refractivity contribution in [3.8, 4) is 0 Å². The number of urea groups is 1. The number of piperidine rings is 1. The molecule has 6 nitrogen and oxygen atoms in total. The van der Waals surface area contributed by atoms with Crippen molar-refractivity contribution in [3.63, 3.8) is 0 Å². The van der Waals surface area contributed by atoms with Crippen molar-refractivity contribution >= 4 is 17.6 Å². The van der Waals surface area contributed by atoms with Gasteiger partial charge in [-0.05, 0) is 31.4 Å². The highest BCUT2D eigenvalue weighted by atomic mass is 16.2. The summed E-state index contributed by atoms with van der Waals surface area (Å²) in [7, 11) is 1.65. The highest BCUT2D eigenvalue weighted by molar-refractivity contribution is 5.93. The van der Waals surface area contributed by atoms with E-state index in [2.05, 4.69) is 29.3 Å². The number of likely N-dealkylation sites (tertiary alicyclic amines) is 1. The molecule has 0 atom stereocenters. The molecule has 0 aliphatic carbocycles. The maximum Gasteiger partial charge on any atom is 0.317 e. The first kappa shape index (κ1) is 16.6. The third-order valence-electron chi connectivity index (χ3n) is 5.17. The lowest BCUT2D eigenvalue weighted by atomic mass is 9.85. The molecule has 6 heteroatoms. The Kier molecular flexibility index (Phi) is 4.64. The molecule has 24 heavy (non-hydrogen) atoms. The van der Waals surface area contributed by atoms with Crippen LogP contribution in [-0.2, 0) is 4.79 Å². The van der Waals surface area contributed by atoms with E-state index in [1.165, 1.54) is 0 Å². The molecule has 0 radical (unpaired) electrons. The highest BCUT2D eigenvalue weighted by Gasteiger charge is 2.53. The van der Waals surface area contributed by atoms with E-state index in [0.717, 1.165) is 18.7 Å². The molecule has 0 aromatic heterocycles. The van der Waals surface area contributed by atoms with Crippen molar-refractivity contribution in [2.24, 2.45) is 0 Å². The van der Waals surface area contributed by atoms with Crippen LogP contribution in [0.5, 0.6) is 0 Å². The number of rotatable bonds is 3. The number of nitrogens with one attached hydrogen (secondary N) is 1. The number of carbonyl (C=O) groups excluding carboxylic acids is 2. The van der Waals surface area contributed by atoms with Crippen LogP contribution >= 0.6 is 0 Å². The highest BCUT2D eigenvalue weighted by Crippen LogP contribution is 2.39. The maximum absolute atomic E-state index is 13.2. The lowest BCUT2D eigenvalue weighted by Crippen LogP contribution is -2.58. The van der Waals surface area contributed by atoms with Gasteiger partial charge < -0.3 is 20.0 Å². The molecule has 2 saturated heterocycles. The van der Waals surface area contributed by atoms with Gasteiger partial charge in [-0.15, -0.1) is 0 Å². The first-order valence-electron chi connectivity index (χ1n) is 8.71. The Bertz CT molecular complexity index is 596. The Morgan fingerprint density at radius 3 is 2.46 bits per heavy atom. The van der Waals surface area contributed by atoms with Gasteiger partial charge in [-0.2, -0.15) is 0 Å². The lowest BCUT2D eigenvalue weighted by Gasteiger charge is -2.43. The molecule has 0 bridgehead atoms. The monoisotopic (exact) mass is 330 g/mol. The van der Waals surface area contributed by atoms with Gasteiger partial charge in [0.25, 0.3) is 0 Å². The number of anilines is 1. The average Bonchev–Trinajstić information content (AvgIpc) is 2.89. The fourth-order valence-corrected chi connectivity index (χ4v) is 3.88. The number of hydrogen-bond acceptors (Lipinski definition) is 3. The number of para-hydroxylation sites is 1. The standard InChI is InChI=1S/C18H26N4O2/c1-3-11-21-14-22(15-7-5-4-6-8-15)18(16(21)23)9-12-20(13-10-18)17(24)19-2/h4-8H,3,9-14H2,1-2H3,(H,19,24). The zero-order valence-corrected chi connectivity index (χ0v) is 14.5. The van der Waals surface area contributed by atoms with Gasteiger partial charge in [-0.3, -0.25) is 4.79 Å². The topological polar surface area (TPSA) is 55.9 Å². The lowest BCUT2D eigenvalue weighted by molar-refractivity contribution is -0.133. The van der Waals surface area contributed by atoms with E-state index < -0.39 is 5.54 Å². The summed E-state index contributed by atoms with van der Waals surface area (Å²) in [5.74, 6) is 0.213. The molecule has 1 spiro atoms. The fourth-order valence-electron chi connectivity index (χ4n) is 3.88. The van der Waals surface area contributed by atoms with Gasteiger partial charge in [0.1, 0.15) is 5.54 Å². The van der Waals surface area contributed by atoms with E-state index in [1.54, 1.807) is 11.9 Å². The van der Waals surface area contributed by atoms with Crippen LogP contribution in [0.3, 0.4) is 0 Å². The molecule has 2 aliphatic rings. The first-order valence-corrected chi connectivity index (χ1v) is 8.71. The Labute approximate surface area is 143 Å². The normalized spacial score (nSPS) is 19.9. The van der Waals surface area contributed by atoms with Crippen LogP contribution in [0.15, 0.2) is 30.3 Å². The molecule has 130 valence electrons. The molecular formula is C18H26N4O2. The van der Waals surface area contributed by atoms with Crippen LogP contribution in [0.4, 0.5) is 10.5 Å². The van der Waals surface area contributed by atoms with E-state index in [4.69, 9.17) is 0 Å². The minimum absolute atomic E-state index is 0.0630. The van der Waals surface area contributed by atoms with Gasteiger partial charge in [-0.25, -0.2) is 4.79 Å². The molecule has 3 amide bonds. The Morgan fingerprint density at radius 1 is 1.21 bits per heavy atom. The number of hydrogen-bond donors (Lipinski definition) is 1. The number of carbonyl (C=O) groups is 2. The zero-order chi connectivity index (χ0) is 17.2. The number of amides is 3. The second kappa shape index (κ2) is 6.71. The van der Waals surface area contributed by atoms with E-state index in [9.17, 15) is 9.59 Å². The second-order valence-corrected chi connectivity index (χ2v) is 6.55. The Balaban J connectivity index is 1.87. The molecular weight excluding hydrogens is 304 g/mol. The summed E-state index contributed by atoms with van der Waals surface area (Å²) >= 11 is 0. The van der Waals surface area contributed by atoms with Crippen molar-refractivity contribution in [2.45, 2.75) is 31.7 Å². The van der Waals surface area contributed by atoms with E-state index in [-0.39, 0.29) is 11.9 Å². The van der Waals surface area contributed by atoms with Gasteiger partial charge in [-0.1, -0.05) is 25.1 Å². The summed E-state index contributed by atoms with van der Waals surface area (Å²) in [6.07, 6.45) is 2.30. The smallest absolute Gasteiger partial charge is 0.317 e. The van der Waals surface area contributed by atoms with Gasteiger partial charge in [0.15, 0.2) is 0 Å². The molecule has 0 unspecified atom stereocenters. The van der Waals surface area contributed by atoms with Gasteiger partial charge in [0.2, 0.25) is 5.91 Å². The minimum Gasteiger partial charge on any atom is -0.341 e. The first-order chi connectivity index (χ1) is 11.6. The summed E-state index contributed by atoms with van der Waals surface area (Å²) in [5, 5.41) is 2.67. The van der Waals surface area contributed by atoms with Crippen molar-refractivity contribution in [1.29, 1.82) is 0 Å². The molecule has 2 aliphatic heterocycles. The SMILES string of the molecule is CCCN1CN(c2ccccc2)C2(CCN(C(=O)NC)CC2)C1=O. The largest absolute Gasteiger partial charge is 0.341 e. The molecule has 1 aromatic carbocycles. The number of nitrogens with zero attached hydrogens (tertiary/aromatic N) is 3. The number of benzene rings is 1. The molecule has 2 fully saturated rings. The predicted molar refractivity (Wildman–Crippen MR) is 93.8 cm³/mol. The van der Waals surface area contributed by atoms with Crippen molar-refractivity contribution in [3.05, 3.63) is 30.3 Å². The summed E-state index contributed by atoms with van der Waals surface area (Å²) in [6, 6.07) is 10.1. The van der Waals surface area contributed by atoms with Crippen LogP contribution in [-0.4, -0.2) is 60.6 Å². The second-order valence-electron chi connectivity index (χ2n) is 6.55. The molecule has 1 aromatic rings. The summed E-state index contributed by atoms with van der Waals surface area (Å²) in [6.45, 7) is 4.72. The molecule has 1 N–H and O–H groups in total. The summed E-state index contributed by atoms with van der Waals surface area (Å²) in [5.41, 5.74) is 0.568. The average molecular weight is 330 g/mol. The minimum atomic E-state index is -0.513. The van der Waals surface area contributed by atoms with Crippen LogP contribution in [0.25, 0.3) is 0 Å². The zero-order valence-electron chi connectivity index (χ0n) is 14.5. The summed E-state index contributed by atoms with van der Waals surface area (Å²) in [4.78, 5) is 31.0. The molecule has 2 heterocycles. The van der Waals surface area contributed by atoms with E-state index in [1.807, 2.05) is 23.1 Å². The van der Waals surface area contributed by atoms with Crippen LogP contribution < -0.4 is 10.2 Å². The van der Waals surface area contributed by atoms with Crippen molar-refractivity contribution < 1.29 is 9.59 Å². The van der Waals surface area contributed by atoms with Crippen LogP contribution in [0.2, 0.25) is 0 Å². The maximum atomic E-state index is 13.2. The van der Waals surface area contributed by atoms with Gasteiger partial charge >= 0.3 is 6.03 Å². The van der Waals surface area contributed by atoms with Gasteiger partial charge in [0, 0.05) is 32.4 Å².